The monoisotopic (exact) mass is 325 g/mol. The van der Waals surface area contributed by atoms with Crippen molar-refractivity contribution >= 4 is 10.0 Å². The van der Waals surface area contributed by atoms with Gasteiger partial charge in [-0.15, -0.1) is 5.10 Å². The van der Waals surface area contributed by atoms with Gasteiger partial charge in [-0.2, -0.15) is 0 Å². The second-order valence-corrected chi connectivity index (χ2v) is 6.32. The molecule has 0 radical (unpaired) electrons. The summed E-state index contributed by atoms with van der Waals surface area (Å²) < 4.78 is 34.1. The summed E-state index contributed by atoms with van der Waals surface area (Å²) in [7, 11) is -2.22. The zero-order valence-corrected chi connectivity index (χ0v) is 13.6. The van der Waals surface area contributed by atoms with Crippen molar-refractivity contribution < 1.29 is 13.2 Å². The number of nitrogens with one attached hydrogen (secondary N) is 1. The quantitative estimate of drug-likeness (QED) is 0.817. The van der Waals surface area contributed by atoms with E-state index in [4.69, 9.17) is 4.74 Å². The van der Waals surface area contributed by atoms with Crippen molar-refractivity contribution in [2.24, 2.45) is 0 Å². The van der Waals surface area contributed by atoms with Crippen LogP contribution in [0, 0.1) is 0 Å². The van der Waals surface area contributed by atoms with E-state index in [1.807, 2.05) is 13.8 Å². The van der Waals surface area contributed by atoms with Gasteiger partial charge < -0.3 is 4.74 Å². The van der Waals surface area contributed by atoms with Gasteiger partial charge in [-0.25, -0.2) is 17.8 Å². The predicted molar refractivity (Wildman–Crippen MR) is 81.0 cm³/mol. The Balaban J connectivity index is 2.51. The molecule has 0 atom stereocenters. The lowest BCUT2D eigenvalue weighted by Crippen LogP contribution is -2.25. The third-order valence-corrected chi connectivity index (χ3v) is 4.57. The molecule has 0 spiro atoms. The number of tetrazole rings is 1. The van der Waals surface area contributed by atoms with E-state index in [9.17, 15) is 8.42 Å². The first kappa shape index (κ1) is 16.4. The Hall–Kier alpha value is -2.00. The molecule has 22 heavy (non-hydrogen) atoms. The molecule has 120 valence electrons. The number of hydrogen-bond acceptors (Lipinski definition) is 6. The van der Waals surface area contributed by atoms with Crippen LogP contribution in [0.15, 0.2) is 23.1 Å². The molecule has 1 aromatic heterocycles. The number of hydrogen-bond donors (Lipinski definition) is 1. The molecule has 0 aliphatic rings. The molecule has 2 aromatic rings. The van der Waals surface area contributed by atoms with Crippen LogP contribution >= 0.6 is 0 Å². The van der Waals surface area contributed by atoms with Crippen LogP contribution in [0.2, 0.25) is 0 Å². The first-order valence-electron chi connectivity index (χ1n) is 6.97. The molecular formula is C13H19N5O3S. The van der Waals surface area contributed by atoms with Crippen molar-refractivity contribution in [3.05, 3.63) is 18.2 Å². The maximum atomic E-state index is 12.4. The van der Waals surface area contributed by atoms with E-state index >= 15 is 0 Å². The van der Waals surface area contributed by atoms with Crippen LogP contribution in [0.3, 0.4) is 0 Å². The molecule has 9 heteroatoms. The van der Waals surface area contributed by atoms with E-state index < -0.39 is 10.0 Å². The molecule has 1 aromatic carbocycles. The average molecular weight is 325 g/mol. The summed E-state index contributed by atoms with van der Waals surface area (Å²) in [6.45, 7) is 4.75. The molecule has 1 heterocycles. The molecule has 0 saturated heterocycles. The number of ether oxygens (including phenoxy) is 1. The largest absolute Gasteiger partial charge is 0.495 e. The van der Waals surface area contributed by atoms with E-state index in [0.29, 0.717) is 30.9 Å². The highest BCUT2D eigenvalue weighted by Crippen LogP contribution is 2.28. The standard InChI is InChI=1S/C13H19N5O3S/c1-4-8-14-22(19,20)12-9-10(6-7-11(12)21-3)13-15-16-17-18(13)5-2/h6-7,9,14H,4-5,8H2,1-3H3. The van der Waals surface area contributed by atoms with Crippen LogP contribution in [0.5, 0.6) is 5.75 Å². The molecular weight excluding hydrogens is 306 g/mol. The lowest BCUT2D eigenvalue weighted by atomic mass is 10.2. The molecule has 0 aliphatic heterocycles. The van der Waals surface area contributed by atoms with Gasteiger partial charge in [0.2, 0.25) is 10.0 Å². The summed E-state index contributed by atoms with van der Waals surface area (Å²) >= 11 is 0. The fourth-order valence-corrected chi connectivity index (χ4v) is 3.29. The molecule has 2 rings (SSSR count). The maximum Gasteiger partial charge on any atom is 0.244 e. The van der Waals surface area contributed by atoms with Crippen LogP contribution in [-0.4, -0.2) is 42.3 Å². The van der Waals surface area contributed by atoms with E-state index in [2.05, 4.69) is 20.2 Å². The van der Waals surface area contributed by atoms with Gasteiger partial charge in [0.1, 0.15) is 10.6 Å². The molecule has 0 bridgehead atoms. The summed E-state index contributed by atoms with van der Waals surface area (Å²) in [5.41, 5.74) is 0.615. The lowest BCUT2D eigenvalue weighted by Gasteiger charge is -2.12. The maximum absolute atomic E-state index is 12.4. The molecule has 8 nitrogen and oxygen atoms in total. The fraction of sp³-hybridized carbons (Fsp3) is 0.462. The highest BCUT2D eigenvalue weighted by molar-refractivity contribution is 7.89. The van der Waals surface area contributed by atoms with Crippen molar-refractivity contribution in [3.63, 3.8) is 0 Å². The number of aryl methyl sites for hydroxylation is 1. The van der Waals surface area contributed by atoms with Crippen LogP contribution < -0.4 is 9.46 Å². The first-order valence-corrected chi connectivity index (χ1v) is 8.46. The summed E-state index contributed by atoms with van der Waals surface area (Å²) in [6.07, 6.45) is 0.704. The Morgan fingerprint density at radius 3 is 2.73 bits per heavy atom. The van der Waals surface area contributed by atoms with E-state index in [0.717, 1.165) is 0 Å². The van der Waals surface area contributed by atoms with Gasteiger partial charge in [0.25, 0.3) is 0 Å². The predicted octanol–water partition coefficient (Wildman–Crippen LogP) is 1.06. The highest BCUT2D eigenvalue weighted by atomic mass is 32.2. The number of aromatic nitrogens is 4. The number of sulfonamides is 1. The molecule has 0 saturated carbocycles. The lowest BCUT2D eigenvalue weighted by molar-refractivity contribution is 0.402. The molecule has 0 amide bonds. The van der Waals surface area contributed by atoms with E-state index in [1.54, 1.807) is 16.8 Å². The minimum atomic E-state index is -3.65. The summed E-state index contributed by atoms with van der Waals surface area (Å²) in [6, 6.07) is 4.86. The SMILES string of the molecule is CCCNS(=O)(=O)c1cc(-c2nnnn2CC)ccc1OC. The Morgan fingerprint density at radius 2 is 2.09 bits per heavy atom. The highest BCUT2D eigenvalue weighted by Gasteiger charge is 2.21. The summed E-state index contributed by atoms with van der Waals surface area (Å²) in [5, 5.41) is 11.4. The average Bonchev–Trinajstić information content (AvgIpc) is 3.01. The van der Waals surface area contributed by atoms with Gasteiger partial charge in [0, 0.05) is 18.7 Å². The Bertz CT molecular complexity index is 742. The molecule has 0 aliphatic carbocycles. The fourth-order valence-electron chi connectivity index (χ4n) is 1.96. The van der Waals surface area contributed by atoms with Crippen LogP contribution in [-0.2, 0) is 16.6 Å². The second kappa shape index (κ2) is 6.84. The van der Waals surface area contributed by atoms with Crippen molar-refractivity contribution in [2.75, 3.05) is 13.7 Å². The van der Waals surface area contributed by atoms with Gasteiger partial charge >= 0.3 is 0 Å². The first-order chi connectivity index (χ1) is 10.5. The zero-order valence-electron chi connectivity index (χ0n) is 12.8. The van der Waals surface area contributed by atoms with Crippen LogP contribution in [0.25, 0.3) is 11.4 Å². The van der Waals surface area contributed by atoms with Gasteiger partial charge in [0.05, 0.1) is 7.11 Å². The molecule has 0 unspecified atom stereocenters. The van der Waals surface area contributed by atoms with Crippen molar-refractivity contribution in [1.82, 2.24) is 24.9 Å². The normalized spacial score (nSPS) is 11.6. The number of methoxy groups -OCH3 is 1. The number of benzene rings is 1. The topological polar surface area (TPSA) is 99.0 Å². The third kappa shape index (κ3) is 3.25. The Kier molecular flexibility index (Phi) is 5.09. The Morgan fingerprint density at radius 1 is 1.32 bits per heavy atom. The zero-order chi connectivity index (χ0) is 16.2. The van der Waals surface area contributed by atoms with Gasteiger partial charge in [-0.1, -0.05) is 6.92 Å². The van der Waals surface area contributed by atoms with Gasteiger partial charge in [-0.3, -0.25) is 0 Å². The third-order valence-electron chi connectivity index (χ3n) is 3.08. The van der Waals surface area contributed by atoms with Gasteiger partial charge in [-0.05, 0) is 42.0 Å². The summed E-state index contributed by atoms with van der Waals surface area (Å²) in [5.74, 6) is 0.792. The second-order valence-electron chi connectivity index (χ2n) is 4.58. The van der Waals surface area contributed by atoms with Crippen LogP contribution in [0.4, 0.5) is 0 Å². The minimum Gasteiger partial charge on any atom is -0.495 e. The Labute approximate surface area is 129 Å². The number of nitrogens with zero attached hydrogens (tertiary/aromatic N) is 4. The smallest absolute Gasteiger partial charge is 0.244 e. The number of rotatable bonds is 7. The molecule has 1 N–H and O–H groups in total. The van der Waals surface area contributed by atoms with Gasteiger partial charge in [0.15, 0.2) is 5.82 Å². The van der Waals surface area contributed by atoms with Crippen molar-refractivity contribution in [1.29, 1.82) is 0 Å². The van der Waals surface area contributed by atoms with E-state index in [-0.39, 0.29) is 10.6 Å². The minimum absolute atomic E-state index is 0.0756. The van der Waals surface area contributed by atoms with Crippen molar-refractivity contribution in [3.8, 4) is 17.1 Å². The van der Waals surface area contributed by atoms with Crippen molar-refractivity contribution in [2.45, 2.75) is 31.7 Å². The van der Waals surface area contributed by atoms with Crippen LogP contribution in [0.1, 0.15) is 20.3 Å². The molecule has 0 fully saturated rings. The van der Waals surface area contributed by atoms with E-state index in [1.165, 1.54) is 13.2 Å². The summed E-state index contributed by atoms with van der Waals surface area (Å²) in [4.78, 5) is 0.0756.